The molecule has 0 aromatic heterocycles. The number of hydrogen-bond donors (Lipinski definition) is 0. The molecule has 0 aliphatic heterocycles. The summed E-state index contributed by atoms with van der Waals surface area (Å²) < 4.78 is 0. The van der Waals surface area contributed by atoms with Gasteiger partial charge in [0, 0.05) is 0 Å². The molecule has 5 aromatic carbocycles. The molecule has 10 heteroatoms. The molecule has 0 bridgehead atoms. The molecule has 0 fully saturated rings. The second-order valence-corrected chi connectivity index (χ2v) is 6.57. The van der Waals surface area contributed by atoms with Crippen LogP contribution < -0.4 is 173 Å². The van der Waals surface area contributed by atoms with E-state index in [0.29, 0.717) is 0 Å². The zero-order chi connectivity index (χ0) is 25.6. The number of para-hydroxylation sites is 5. The summed E-state index contributed by atoms with van der Waals surface area (Å²) in [6, 6.07) is 41.6. The zero-order valence-corrected chi connectivity index (χ0v) is 34.0. The minimum absolute atomic E-state index is 0. The van der Waals surface area contributed by atoms with Crippen LogP contribution in [0.15, 0.2) is 152 Å². The van der Waals surface area contributed by atoms with Crippen LogP contribution in [0, 0.1) is 0 Å². The zero-order valence-electron chi connectivity index (χ0n) is 24.0. The maximum atomic E-state index is 10.3. The fraction of sp³-hybridized carbons (Fsp3) is 0. The van der Waals surface area contributed by atoms with Crippen LogP contribution >= 0.6 is 0 Å². The average molecular weight is 580 g/mol. The van der Waals surface area contributed by atoms with E-state index >= 15 is 0 Å². The van der Waals surface area contributed by atoms with E-state index in [1.165, 1.54) is 60.7 Å². The molecule has 0 heterocycles. The monoisotopic (exact) mass is 580 g/mol. The van der Waals surface area contributed by atoms with Crippen LogP contribution in [0.4, 0.5) is 0 Å². The van der Waals surface area contributed by atoms with E-state index in [9.17, 15) is 25.5 Å². The molecule has 0 amide bonds. The molecule has 5 rings (SSSR count). The minimum atomic E-state index is 0. The Bertz CT molecular complexity index is 910. The summed E-state index contributed by atoms with van der Waals surface area (Å²) in [5.74, 6) is 0.359. The summed E-state index contributed by atoms with van der Waals surface area (Å²) in [4.78, 5) is 0. The molecule has 0 atom stereocenters. The predicted molar refractivity (Wildman–Crippen MR) is 129 cm³/mol. The van der Waals surface area contributed by atoms with Gasteiger partial charge in [-0.3, -0.25) is 0 Å². The van der Waals surface area contributed by atoms with Gasteiger partial charge in [-0.2, -0.15) is 0 Å². The van der Waals surface area contributed by atoms with Crippen molar-refractivity contribution in [1.82, 2.24) is 0 Å². The first kappa shape index (κ1) is 49.8. The van der Waals surface area contributed by atoms with Gasteiger partial charge >= 0.3 is 148 Å². The molecule has 40 heavy (non-hydrogen) atoms. The van der Waals surface area contributed by atoms with Crippen molar-refractivity contribution in [2.45, 2.75) is 0 Å². The molecule has 0 unspecified atom stereocenters. The standard InChI is InChI=1S/5C6H6O.5Na/c5*7-6-4-2-1-3-5-6;;;;;/h5*1-5,7H;;;;;/q;;;;;5*+1/p-5. The van der Waals surface area contributed by atoms with Crippen LogP contribution in [0.5, 0.6) is 28.7 Å². The Kier molecular flexibility index (Phi) is 43.9. The summed E-state index contributed by atoms with van der Waals surface area (Å²) >= 11 is 0. The van der Waals surface area contributed by atoms with Crippen molar-refractivity contribution in [3.63, 3.8) is 0 Å². The third-order valence-corrected chi connectivity index (χ3v) is 3.72. The van der Waals surface area contributed by atoms with E-state index in [1.807, 2.05) is 30.3 Å². The Hall–Kier alpha value is 0.100. The second kappa shape index (κ2) is 35.3. The molecule has 5 aromatic rings. The van der Waals surface area contributed by atoms with Crippen molar-refractivity contribution in [2.24, 2.45) is 0 Å². The molecule has 0 N–H and O–H groups in total. The molecule has 0 saturated carbocycles. The van der Waals surface area contributed by atoms with Crippen molar-refractivity contribution in [3.05, 3.63) is 152 Å². The Morgan fingerprint density at radius 3 is 0.350 bits per heavy atom. The number of hydrogen-bond acceptors (Lipinski definition) is 5. The van der Waals surface area contributed by atoms with E-state index in [0.717, 1.165) is 0 Å². The van der Waals surface area contributed by atoms with Gasteiger partial charge < -0.3 is 25.5 Å². The third kappa shape index (κ3) is 32.6. The van der Waals surface area contributed by atoms with Crippen molar-refractivity contribution in [2.75, 3.05) is 0 Å². The van der Waals surface area contributed by atoms with E-state index in [1.54, 1.807) is 60.7 Å². The summed E-state index contributed by atoms with van der Waals surface area (Å²) in [5, 5.41) is 51.3. The van der Waals surface area contributed by atoms with Crippen molar-refractivity contribution < 1.29 is 173 Å². The smallest absolute Gasteiger partial charge is 0.872 e. The van der Waals surface area contributed by atoms with Crippen LogP contribution in [-0.2, 0) is 0 Å². The summed E-state index contributed by atoms with van der Waals surface area (Å²) in [7, 11) is 0. The van der Waals surface area contributed by atoms with E-state index < -0.39 is 0 Å². The molecule has 0 radical (unpaired) electrons. The Balaban J connectivity index is -0.000000124. The van der Waals surface area contributed by atoms with Gasteiger partial charge in [0.1, 0.15) is 0 Å². The molecule has 0 saturated heterocycles. The Labute approximate surface area is 348 Å². The first-order chi connectivity index (χ1) is 17.0. The predicted octanol–water partition coefficient (Wildman–Crippen LogP) is -11.2. The van der Waals surface area contributed by atoms with E-state index in [2.05, 4.69) is 0 Å². The molecule has 180 valence electrons. The van der Waals surface area contributed by atoms with Crippen molar-refractivity contribution in [3.8, 4) is 28.7 Å². The molecular formula is C30H25Na5O5. The van der Waals surface area contributed by atoms with Gasteiger partial charge in [0.15, 0.2) is 0 Å². The van der Waals surface area contributed by atoms with Crippen LogP contribution in [0.1, 0.15) is 0 Å². The third-order valence-electron chi connectivity index (χ3n) is 3.72. The summed E-state index contributed by atoms with van der Waals surface area (Å²) in [6.07, 6.45) is 0. The van der Waals surface area contributed by atoms with Gasteiger partial charge in [0.25, 0.3) is 0 Å². The summed E-state index contributed by atoms with van der Waals surface area (Å²) in [5.41, 5.74) is 0. The maximum Gasteiger partial charge on any atom is 1.00 e. The number of rotatable bonds is 0. The van der Waals surface area contributed by atoms with Crippen LogP contribution in [0.25, 0.3) is 0 Å². The topological polar surface area (TPSA) is 115 Å². The van der Waals surface area contributed by atoms with Crippen LogP contribution in [0.2, 0.25) is 0 Å². The normalized spacial score (nSPS) is 7.50. The van der Waals surface area contributed by atoms with Crippen molar-refractivity contribution >= 4 is 0 Å². The maximum absolute atomic E-state index is 10.3. The van der Waals surface area contributed by atoms with Gasteiger partial charge in [0.2, 0.25) is 0 Å². The number of benzene rings is 5. The van der Waals surface area contributed by atoms with Gasteiger partial charge in [-0.25, -0.2) is 0 Å². The van der Waals surface area contributed by atoms with Gasteiger partial charge in [0.05, 0.1) is 0 Å². The largest absolute Gasteiger partial charge is 1.00 e. The quantitative estimate of drug-likeness (QED) is 0.169. The molecule has 5 nitrogen and oxygen atoms in total. The molecule has 0 aliphatic rings. The average Bonchev–Trinajstić information content (AvgIpc) is 2.88. The van der Waals surface area contributed by atoms with Crippen LogP contribution in [-0.4, -0.2) is 0 Å². The van der Waals surface area contributed by atoms with Gasteiger partial charge in [-0.15, -0.1) is 28.7 Å². The van der Waals surface area contributed by atoms with E-state index in [4.69, 9.17) is 0 Å². The SMILES string of the molecule is [Na+].[Na+].[Na+].[Na+].[Na+].[O-]c1ccccc1.[O-]c1ccccc1.[O-]c1ccccc1.[O-]c1ccccc1.[O-]c1ccccc1. The fourth-order valence-electron chi connectivity index (χ4n) is 2.10. The first-order valence-electron chi connectivity index (χ1n) is 10.6. The minimum Gasteiger partial charge on any atom is -0.872 e. The van der Waals surface area contributed by atoms with Gasteiger partial charge in [-0.1, -0.05) is 152 Å². The fourth-order valence-corrected chi connectivity index (χ4v) is 2.10. The molecule has 0 spiro atoms. The molecular weight excluding hydrogens is 555 g/mol. The Morgan fingerprint density at radius 2 is 0.300 bits per heavy atom. The van der Waals surface area contributed by atoms with Crippen molar-refractivity contribution in [1.29, 1.82) is 0 Å². The van der Waals surface area contributed by atoms with Crippen LogP contribution in [0.3, 0.4) is 0 Å². The molecule has 0 aliphatic carbocycles. The van der Waals surface area contributed by atoms with Gasteiger partial charge in [-0.05, 0) is 0 Å². The Morgan fingerprint density at radius 1 is 0.200 bits per heavy atom. The van der Waals surface area contributed by atoms with E-state index in [-0.39, 0.29) is 177 Å². The summed E-state index contributed by atoms with van der Waals surface area (Å²) in [6.45, 7) is 0. The first-order valence-corrected chi connectivity index (χ1v) is 10.6. The second-order valence-electron chi connectivity index (χ2n) is 6.57.